The molecule has 9 rings (SSSR count). The Morgan fingerprint density at radius 1 is 0.526 bits per heavy atom. The van der Waals surface area contributed by atoms with Gasteiger partial charge in [0, 0.05) is 0 Å². The largest absolute Gasteiger partial charge is 0.298 e. The van der Waals surface area contributed by atoms with E-state index in [4.69, 9.17) is 0 Å². The fourth-order valence-corrected chi connectivity index (χ4v) is 8.32. The Bertz CT molecular complexity index is 1930. The maximum atomic E-state index is 15.1. The zero-order chi connectivity index (χ0) is 25.3. The van der Waals surface area contributed by atoms with Crippen molar-refractivity contribution in [1.29, 1.82) is 0 Å². The minimum Gasteiger partial charge on any atom is -0.298 e. The fraction of sp³-hybridized carbons (Fsp3) is 0.162. The van der Waals surface area contributed by atoms with Crippen LogP contribution in [0.5, 0.6) is 0 Å². The highest BCUT2D eigenvalue weighted by Crippen LogP contribution is 2.56. The summed E-state index contributed by atoms with van der Waals surface area (Å²) in [6.45, 7) is 4.52. The first-order valence-corrected chi connectivity index (χ1v) is 13.7. The van der Waals surface area contributed by atoms with Crippen molar-refractivity contribution in [1.82, 2.24) is 0 Å². The second-order valence-electron chi connectivity index (χ2n) is 11.6. The topological polar surface area (TPSA) is 17.1 Å². The Labute approximate surface area is 221 Å². The van der Waals surface area contributed by atoms with Gasteiger partial charge in [0.2, 0.25) is 0 Å². The van der Waals surface area contributed by atoms with Crippen LogP contribution >= 0.6 is 0 Å². The van der Waals surface area contributed by atoms with E-state index in [1.807, 2.05) is 0 Å². The smallest absolute Gasteiger partial charge is 0.156 e. The minimum atomic E-state index is -0.236. The molecule has 0 spiro atoms. The van der Waals surface area contributed by atoms with E-state index in [0.717, 1.165) is 12.8 Å². The first-order chi connectivity index (χ1) is 18.6. The predicted octanol–water partition coefficient (Wildman–Crippen LogP) is 8.42. The number of rotatable bonds is 0. The van der Waals surface area contributed by atoms with Crippen molar-refractivity contribution in [3.63, 3.8) is 0 Å². The molecule has 2 unspecified atom stereocenters. The summed E-state index contributed by atoms with van der Waals surface area (Å²) < 4.78 is 0. The molecule has 0 fully saturated rings. The van der Waals surface area contributed by atoms with Crippen LogP contribution in [0.3, 0.4) is 0 Å². The van der Waals surface area contributed by atoms with E-state index >= 15 is 4.79 Å². The lowest BCUT2D eigenvalue weighted by Crippen LogP contribution is -2.34. The lowest BCUT2D eigenvalue weighted by molar-refractivity contribution is -0.120. The van der Waals surface area contributed by atoms with E-state index in [2.05, 4.69) is 98.8 Å². The number of ketones is 1. The summed E-state index contributed by atoms with van der Waals surface area (Å²) in [4.78, 5) is 15.1. The minimum absolute atomic E-state index is 0.236. The van der Waals surface area contributed by atoms with E-state index in [9.17, 15) is 0 Å². The van der Waals surface area contributed by atoms with Gasteiger partial charge in [-0.05, 0) is 115 Å². The monoisotopic (exact) mass is 486 g/mol. The second-order valence-corrected chi connectivity index (χ2v) is 11.6. The van der Waals surface area contributed by atoms with E-state index in [-0.39, 0.29) is 11.8 Å². The Morgan fingerprint density at radius 2 is 1.00 bits per heavy atom. The quantitative estimate of drug-likeness (QED) is 0.211. The SMILES string of the molecule is Cc1cc2c3c4c5c(cc(C)c14)Cc1ccc4ccccc4c1C5C(=O)C3c1c(ccc3ccccc13)C2. The Hall–Kier alpha value is -4.23. The van der Waals surface area contributed by atoms with Crippen molar-refractivity contribution in [2.45, 2.75) is 38.5 Å². The van der Waals surface area contributed by atoms with Crippen LogP contribution < -0.4 is 0 Å². The van der Waals surface area contributed by atoms with Gasteiger partial charge < -0.3 is 0 Å². The molecule has 0 aliphatic heterocycles. The number of aryl methyl sites for hydroxylation is 2. The Balaban J connectivity index is 1.49. The second kappa shape index (κ2) is 6.99. The highest BCUT2D eigenvalue weighted by molar-refractivity contribution is 6.14. The third-order valence-corrected chi connectivity index (χ3v) is 9.66. The number of hydrogen-bond acceptors (Lipinski definition) is 1. The van der Waals surface area contributed by atoms with Gasteiger partial charge in [0.25, 0.3) is 0 Å². The molecule has 0 saturated heterocycles. The molecule has 0 bridgehead atoms. The van der Waals surface area contributed by atoms with Crippen molar-refractivity contribution in [3.8, 4) is 0 Å². The summed E-state index contributed by atoms with van der Waals surface area (Å²) in [7, 11) is 0. The van der Waals surface area contributed by atoms with Crippen molar-refractivity contribution in [2.75, 3.05) is 0 Å². The molecular weight excluding hydrogens is 460 g/mol. The van der Waals surface area contributed by atoms with Crippen LogP contribution in [0, 0.1) is 13.8 Å². The third-order valence-electron chi connectivity index (χ3n) is 9.66. The molecule has 0 saturated carbocycles. The number of carbonyl (C=O) groups is 1. The first kappa shape index (κ1) is 20.8. The molecular formula is C37H26O. The van der Waals surface area contributed by atoms with Crippen LogP contribution in [-0.2, 0) is 17.6 Å². The number of Topliss-reactive ketones (excluding diaryl/α,β-unsaturated/α-hetero) is 1. The molecule has 6 aromatic carbocycles. The maximum Gasteiger partial charge on any atom is 0.156 e. The highest BCUT2D eigenvalue weighted by atomic mass is 16.1. The lowest BCUT2D eigenvalue weighted by atomic mass is 9.60. The molecule has 3 aliphatic carbocycles. The summed E-state index contributed by atoms with van der Waals surface area (Å²) in [5.41, 5.74) is 13.0. The van der Waals surface area contributed by atoms with Gasteiger partial charge in [0.1, 0.15) is 0 Å². The standard InChI is InChI=1S/C37H26O/c1-19-15-25-17-23-13-11-21-7-3-5-9-27(21)30(23)35-32(25)34-29(19)20(2)16-26-18-24-14-12-22-8-4-6-10-28(22)31(24)36(33(26)34)37(35)38/h3-16,35-36H,17-18H2,1-2H3. The normalized spacial score (nSPS) is 18.6. The highest BCUT2D eigenvalue weighted by Gasteiger charge is 2.46. The van der Waals surface area contributed by atoms with Crippen LogP contribution in [-0.4, -0.2) is 5.78 Å². The van der Waals surface area contributed by atoms with E-state index in [1.165, 1.54) is 88.0 Å². The molecule has 0 amide bonds. The zero-order valence-corrected chi connectivity index (χ0v) is 21.6. The maximum absolute atomic E-state index is 15.1. The van der Waals surface area contributed by atoms with Crippen LogP contribution in [0.4, 0.5) is 0 Å². The number of fused-ring (bicyclic) bond motifs is 8. The fourth-order valence-electron chi connectivity index (χ4n) is 8.32. The number of benzene rings is 6. The summed E-state index contributed by atoms with van der Waals surface area (Å²) >= 11 is 0. The van der Waals surface area contributed by atoms with Gasteiger partial charge in [-0.25, -0.2) is 0 Å². The Morgan fingerprint density at radius 3 is 1.50 bits per heavy atom. The molecule has 3 aliphatic rings. The molecule has 1 heteroatoms. The molecule has 0 aromatic heterocycles. The van der Waals surface area contributed by atoms with Crippen LogP contribution in [0.2, 0.25) is 0 Å². The molecule has 38 heavy (non-hydrogen) atoms. The average molecular weight is 487 g/mol. The molecule has 2 atom stereocenters. The molecule has 0 heterocycles. The van der Waals surface area contributed by atoms with Gasteiger partial charge in [-0.3, -0.25) is 4.79 Å². The van der Waals surface area contributed by atoms with E-state index < -0.39 is 0 Å². The zero-order valence-electron chi connectivity index (χ0n) is 21.6. The number of carbonyl (C=O) groups excluding carboxylic acids is 1. The van der Waals surface area contributed by atoms with E-state index in [0.29, 0.717) is 5.78 Å². The molecule has 1 nitrogen and oxygen atoms in total. The molecule has 180 valence electrons. The van der Waals surface area contributed by atoms with Crippen molar-refractivity contribution < 1.29 is 4.79 Å². The predicted molar refractivity (Wildman–Crippen MR) is 156 cm³/mol. The summed E-state index contributed by atoms with van der Waals surface area (Å²) in [6, 6.07) is 31.0. The van der Waals surface area contributed by atoms with Crippen LogP contribution in [0.1, 0.15) is 67.5 Å². The Kier molecular flexibility index (Phi) is 3.83. The van der Waals surface area contributed by atoms with Crippen LogP contribution in [0.15, 0.2) is 84.9 Å². The van der Waals surface area contributed by atoms with Gasteiger partial charge in [-0.15, -0.1) is 0 Å². The molecule has 0 radical (unpaired) electrons. The average Bonchev–Trinajstić information content (AvgIpc) is 2.93. The summed E-state index contributed by atoms with van der Waals surface area (Å²) in [6.07, 6.45) is 1.78. The number of hydrogen-bond donors (Lipinski definition) is 0. The van der Waals surface area contributed by atoms with Gasteiger partial charge in [0.05, 0.1) is 11.8 Å². The third kappa shape index (κ3) is 2.41. The van der Waals surface area contributed by atoms with Crippen molar-refractivity contribution in [2.24, 2.45) is 0 Å². The van der Waals surface area contributed by atoms with Gasteiger partial charge >= 0.3 is 0 Å². The van der Waals surface area contributed by atoms with Crippen LogP contribution in [0.25, 0.3) is 32.3 Å². The van der Waals surface area contributed by atoms with Crippen molar-refractivity contribution >= 4 is 38.1 Å². The van der Waals surface area contributed by atoms with E-state index in [1.54, 1.807) is 0 Å². The summed E-state index contributed by atoms with van der Waals surface area (Å²) in [5.74, 6) is -0.122. The molecule has 0 N–H and O–H groups in total. The van der Waals surface area contributed by atoms with Crippen molar-refractivity contribution in [3.05, 3.63) is 141 Å². The first-order valence-electron chi connectivity index (χ1n) is 13.7. The van der Waals surface area contributed by atoms with Gasteiger partial charge in [-0.1, -0.05) is 84.9 Å². The summed E-state index contributed by atoms with van der Waals surface area (Å²) in [5, 5.41) is 7.63. The lowest BCUT2D eigenvalue weighted by Gasteiger charge is -2.41. The van der Waals surface area contributed by atoms with Gasteiger partial charge in [-0.2, -0.15) is 0 Å². The molecule has 6 aromatic rings. The van der Waals surface area contributed by atoms with Gasteiger partial charge in [0.15, 0.2) is 5.78 Å².